The lowest BCUT2D eigenvalue weighted by Crippen LogP contribution is -2.12. The topological polar surface area (TPSA) is 55.1 Å². The Balaban J connectivity index is 2.22. The van der Waals surface area contributed by atoms with E-state index >= 15 is 0 Å². The molecule has 0 saturated heterocycles. The Morgan fingerprint density at radius 3 is 2.32 bits per heavy atom. The molecule has 19 heavy (non-hydrogen) atoms. The van der Waals surface area contributed by atoms with Crippen molar-refractivity contribution in [3.63, 3.8) is 0 Å². The van der Waals surface area contributed by atoms with Crippen LogP contribution in [0.2, 0.25) is 10.0 Å². The van der Waals surface area contributed by atoms with Gasteiger partial charge in [-0.25, -0.2) is 0 Å². The van der Waals surface area contributed by atoms with Crippen molar-refractivity contribution < 1.29 is 4.79 Å². The molecule has 3 nitrogen and oxygen atoms in total. The lowest BCUT2D eigenvalue weighted by molar-refractivity contribution is 0.102. The molecule has 98 valence electrons. The number of nitrogen functional groups attached to an aromatic ring is 1. The molecule has 1 amide bonds. The van der Waals surface area contributed by atoms with Gasteiger partial charge in [-0.05, 0) is 52.3 Å². The fraction of sp³-hybridized carbons (Fsp3) is 0. The highest BCUT2D eigenvalue weighted by Gasteiger charge is 2.09. The number of carbonyl (C=O) groups excluding carboxylic acids is 1. The van der Waals surface area contributed by atoms with E-state index in [2.05, 4.69) is 21.2 Å². The number of hydrogen-bond acceptors (Lipinski definition) is 2. The van der Waals surface area contributed by atoms with Gasteiger partial charge in [-0.1, -0.05) is 23.2 Å². The van der Waals surface area contributed by atoms with Gasteiger partial charge in [0.05, 0.1) is 0 Å². The second-order valence-corrected chi connectivity index (χ2v) is 5.58. The largest absolute Gasteiger partial charge is 0.398 e. The molecule has 0 aliphatic heterocycles. The fourth-order valence-electron chi connectivity index (χ4n) is 1.49. The molecular formula is C13H9BrCl2N2O. The van der Waals surface area contributed by atoms with E-state index in [9.17, 15) is 4.79 Å². The van der Waals surface area contributed by atoms with Crippen LogP contribution in [0.25, 0.3) is 0 Å². The summed E-state index contributed by atoms with van der Waals surface area (Å²) in [4.78, 5) is 12.0. The van der Waals surface area contributed by atoms with Crippen LogP contribution in [0, 0.1) is 0 Å². The number of anilines is 2. The number of rotatable bonds is 2. The van der Waals surface area contributed by atoms with E-state index in [1.165, 1.54) is 0 Å². The molecule has 6 heteroatoms. The van der Waals surface area contributed by atoms with E-state index in [1.54, 1.807) is 36.4 Å². The smallest absolute Gasteiger partial charge is 0.255 e. The Morgan fingerprint density at radius 1 is 1.11 bits per heavy atom. The van der Waals surface area contributed by atoms with Gasteiger partial charge >= 0.3 is 0 Å². The predicted molar refractivity (Wildman–Crippen MR) is 83.0 cm³/mol. The molecule has 0 aliphatic rings. The van der Waals surface area contributed by atoms with Crippen LogP contribution < -0.4 is 11.1 Å². The van der Waals surface area contributed by atoms with Crippen LogP contribution >= 0.6 is 39.1 Å². The summed E-state index contributed by atoms with van der Waals surface area (Å²) in [5.74, 6) is -0.291. The summed E-state index contributed by atoms with van der Waals surface area (Å²) in [6.45, 7) is 0. The minimum Gasteiger partial charge on any atom is -0.398 e. The Morgan fingerprint density at radius 2 is 1.74 bits per heavy atom. The second kappa shape index (κ2) is 5.82. The summed E-state index contributed by atoms with van der Waals surface area (Å²) in [6, 6.07) is 9.80. The first-order valence-electron chi connectivity index (χ1n) is 5.28. The molecule has 2 aromatic carbocycles. The average molecular weight is 360 g/mol. The van der Waals surface area contributed by atoms with Crippen LogP contribution in [0.15, 0.2) is 40.9 Å². The minimum absolute atomic E-state index is 0.291. The summed E-state index contributed by atoms with van der Waals surface area (Å²) >= 11 is 15.0. The van der Waals surface area contributed by atoms with Crippen LogP contribution in [-0.4, -0.2) is 5.91 Å². The lowest BCUT2D eigenvalue weighted by atomic mass is 10.2. The summed E-state index contributed by atoms with van der Waals surface area (Å²) < 4.78 is 0.717. The lowest BCUT2D eigenvalue weighted by Gasteiger charge is -2.07. The first-order chi connectivity index (χ1) is 8.95. The summed E-state index contributed by atoms with van der Waals surface area (Å²) in [7, 11) is 0. The zero-order valence-electron chi connectivity index (χ0n) is 9.58. The van der Waals surface area contributed by atoms with Gasteiger partial charge in [0.15, 0.2) is 0 Å². The van der Waals surface area contributed by atoms with Gasteiger partial charge in [-0.15, -0.1) is 0 Å². The third-order valence-electron chi connectivity index (χ3n) is 2.38. The van der Waals surface area contributed by atoms with E-state index in [-0.39, 0.29) is 5.91 Å². The van der Waals surface area contributed by atoms with E-state index in [0.717, 1.165) is 4.47 Å². The van der Waals surface area contributed by atoms with E-state index < -0.39 is 0 Å². The molecule has 0 atom stereocenters. The van der Waals surface area contributed by atoms with Crippen LogP contribution in [0.3, 0.4) is 0 Å². The molecule has 0 heterocycles. The normalized spacial score (nSPS) is 10.3. The van der Waals surface area contributed by atoms with E-state index in [1.807, 2.05) is 0 Å². The van der Waals surface area contributed by atoms with Crippen molar-refractivity contribution in [3.8, 4) is 0 Å². The third-order valence-corrected chi connectivity index (χ3v) is 3.51. The van der Waals surface area contributed by atoms with Crippen molar-refractivity contribution in [2.45, 2.75) is 0 Å². The molecule has 2 rings (SSSR count). The van der Waals surface area contributed by atoms with Gasteiger partial charge in [0.2, 0.25) is 0 Å². The molecule has 0 aromatic heterocycles. The molecular weight excluding hydrogens is 351 g/mol. The van der Waals surface area contributed by atoms with Gasteiger partial charge in [-0.3, -0.25) is 4.79 Å². The first-order valence-corrected chi connectivity index (χ1v) is 6.83. The maximum absolute atomic E-state index is 12.0. The standard InChI is InChI=1S/C13H9BrCl2N2O/c14-11-6-10(1-2-12(11)17)18-13(19)7-3-8(15)5-9(16)4-7/h1-6H,17H2,(H,18,19). The van der Waals surface area contributed by atoms with Crippen LogP contribution in [0.5, 0.6) is 0 Å². The summed E-state index contributed by atoms with van der Waals surface area (Å²) in [5, 5.41) is 3.57. The summed E-state index contributed by atoms with van der Waals surface area (Å²) in [6.07, 6.45) is 0. The predicted octanol–water partition coefficient (Wildman–Crippen LogP) is 4.59. The van der Waals surface area contributed by atoms with Crippen LogP contribution in [0.1, 0.15) is 10.4 Å². The fourth-order valence-corrected chi connectivity index (χ4v) is 2.40. The molecule has 0 radical (unpaired) electrons. The number of carbonyl (C=O) groups is 1. The number of amides is 1. The van der Waals surface area contributed by atoms with Crippen LogP contribution in [0.4, 0.5) is 11.4 Å². The van der Waals surface area contributed by atoms with Crippen molar-refractivity contribution in [3.05, 3.63) is 56.5 Å². The highest BCUT2D eigenvalue weighted by Crippen LogP contribution is 2.24. The van der Waals surface area contributed by atoms with Gasteiger partial charge < -0.3 is 11.1 Å². The van der Waals surface area contributed by atoms with Crippen molar-refractivity contribution in [2.24, 2.45) is 0 Å². The highest BCUT2D eigenvalue weighted by molar-refractivity contribution is 9.10. The molecule has 0 aliphatic carbocycles. The molecule has 0 spiro atoms. The van der Waals surface area contributed by atoms with Crippen molar-refractivity contribution >= 4 is 56.4 Å². The zero-order chi connectivity index (χ0) is 14.0. The van der Waals surface area contributed by atoms with Crippen molar-refractivity contribution in [2.75, 3.05) is 11.1 Å². The quantitative estimate of drug-likeness (QED) is 0.770. The van der Waals surface area contributed by atoms with Gasteiger partial charge in [0, 0.05) is 31.5 Å². The van der Waals surface area contributed by atoms with Crippen molar-refractivity contribution in [1.82, 2.24) is 0 Å². The molecule has 0 unspecified atom stereocenters. The number of nitrogens with one attached hydrogen (secondary N) is 1. The number of halogens is 3. The van der Waals surface area contributed by atoms with Gasteiger partial charge in [-0.2, -0.15) is 0 Å². The first kappa shape index (κ1) is 14.2. The maximum Gasteiger partial charge on any atom is 0.255 e. The zero-order valence-corrected chi connectivity index (χ0v) is 12.7. The Bertz CT molecular complexity index is 626. The molecule has 0 saturated carbocycles. The Hall–Kier alpha value is -1.23. The third kappa shape index (κ3) is 3.62. The summed E-state index contributed by atoms with van der Waals surface area (Å²) in [5.41, 5.74) is 7.30. The SMILES string of the molecule is Nc1ccc(NC(=O)c2cc(Cl)cc(Cl)c2)cc1Br. The number of nitrogens with two attached hydrogens (primary N) is 1. The monoisotopic (exact) mass is 358 g/mol. The maximum atomic E-state index is 12.0. The second-order valence-electron chi connectivity index (χ2n) is 3.85. The van der Waals surface area contributed by atoms with Crippen molar-refractivity contribution in [1.29, 1.82) is 0 Å². The van der Waals surface area contributed by atoms with Gasteiger partial charge in [0.25, 0.3) is 5.91 Å². The molecule has 0 bridgehead atoms. The van der Waals surface area contributed by atoms with E-state index in [4.69, 9.17) is 28.9 Å². The molecule has 3 N–H and O–H groups in total. The molecule has 0 fully saturated rings. The Kier molecular flexibility index (Phi) is 4.34. The van der Waals surface area contributed by atoms with Gasteiger partial charge in [0.1, 0.15) is 0 Å². The highest BCUT2D eigenvalue weighted by atomic mass is 79.9. The number of benzene rings is 2. The number of hydrogen-bond donors (Lipinski definition) is 2. The van der Waals surface area contributed by atoms with E-state index in [0.29, 0.717) is 27.0 Å². The minimum atomic E-state index is -0.291. The average Bonchev–Trinajstić information content (AvgIpc) is 2.32. The molecule has 2 aromatic rings. The van der Waals surface area contributed by atoms with Crippen LogP contribution in [-0.2, 0) is 0 Å². The Labute approximate surface area is 128 Å².